The van der Waals surface area contributed by atoms with Crippen LogP contribution in [0.2, 0.25) is 0 Å². The van der Waals surface area contributed by atoms with Crippen molar-refractivity contribution in [3.05, 3.63) is 0 Å². The molecule has 1 saturated heterocycles. The Balaban J connectivity index is 2.98. The van der Waals surface area contributed by atoms with Crippen molar-refractivity contribution in [2.24, 2.45) is 10.8 Å². The molecule has 1 aliphatic rings. The van der Waals surface area contributed by atoms with Gasteiger partial charge in [-0.2, -0.15) is 0 Å². The van der Waals surface area contributed by atoms with Gasteiger partial charge in [0.15, 0.2) is 0 Å². The molecule has 16 heavy (non-hydrogen) atoms. The molecule has 2 N–H and O–H groups in total. The summed E-state index contributed by atoms with van der Waals surface area (Å²) < 4.78 is 0. The molecule has 0 aromatic carbocycles. The van der Waals surface area contributed by atoms with E-state index in [-0.39, 0.29) is 11.8 Å². The monoisotopic (exact) mass is 226 g/mol. The van der Waals surface area contributed by atoms with E-state index in [0.29, 0.717) is 13.1 Å². The molecular weight excluding hydrogens is 204 g/mol. The third kappa shape index (κ3) is 2.20. The van der Waals surface area contributed by atoms with Crippen LogP contribution in [0.15, 0.2) is 0 Å². The summed E-state index contributed by atoms with van der Waals surface area (Å²) in [5.41, 5.74) is -1.40. The molecule has 0 aromatic rings. The summed E-state index contributed by atoms with van der Waals surface area (Å²) in [6, 6.07) is 0. The van der Waals surface area contributed by atoms with Crippen LogP contribution in [0.1, 0.15) is 40.5 Å². The predicted octanol–water partition coefficient (Wildman–Crippen LogP) is 1.06. The minimum atomic E-state index is -0.700. The SMILES string of the molecule is CC1(C)C(=O)NCCCCNC(=O)C1(C)C. The zero-order chi connectivity index (χ0) is 12.4. The number of hydrogen-bond donors (Lipinski definition) is 2. The highest BCUT2D eigenvalue weighted by atomic mass is 16.2. The summed E-state index contributed by atoms with van der Waals surface area (Å²) in [4.78, 5) is 24.0. The van der Waals surface area contributed by atoms with Crippen molar-refractivity contribution in [3.63, 3.8) is 0 Å². The molecule has 4 nitrogen and oxygen atoms in total. The summed E-state index contributed by atoms with van der Waals surface area (Å²) in [6.45, 7) is 8.67. The molecule has 0 unspecified atom stereocenters. The Morgan fingerprint density at radius 1 is 0.812 bits per heavy atom. The number of hydrogen-bond acceptors (Lipinski definition) is 2. The Hall–Kier alpha value is -1.06. The number of carbonyl (C=O) groups excluding carboxylic acids is 2. The average Bonchev–Trinajstić information content (AvgIpc) is 2.20. The molecule has 0 aliphatic carbocycles. The van der Waals surface area contributed by atoms with Crippen LogP contribution in [-0.2, 0) is 9.59 Å². The van der Waals surface area contributed by atoms with Crippen molar-refractivity contribution in [1.29, 1.82) is 0 Å². The molecule has 1 fully saturated rings. The maximum atomic E-state index is 12.0. The Morgan fingerprint density at radius 2 is 1.12 bits per heavy atom. The van der Waals surface area contributed by atoms with E-state index in [1.807, 2.05) is 27.7 Å². The quantitative estimate of drug-likeness (QED) is 0.649. The number of carbonyl (C=O) groups is 2. The van der Waals surface area contributed by atoms with E-state index in [0.717, 1.165) is 12.8 Å². The largest absolute Gasteiger partial charge is 0.356 e. The van der Waals surface area contributed by atoms with Gasteiger partial charge in [-0.15, -0.1) is 0 Å². The topological polar surface area (TPSA) is 58.2 Å². The average molecular weight is 226 g/mol. The molecule has 92 valence electrons. The summed E-state index contributed by atoms with van der Waals surface area (Å²) in [5.74, 6) is -0.0934. The smallest absolute Gasteiger partial charge is 0.226 e. The molecule has 1 rings (SSSR count). The standard InChI is InChI=1S/C12H22N2O2/c1-11(2)9(15)13-7-5-6-8-14-10(16)12(11,3)4/h5-8H2,1-4H3,(H,13,15)(H,14,16). The minimum Gasteiger partial charge on any atom is -0.356 e. The van der Waals surface area contributed by atoms with Gasteiger partial charge in [0.2, 0.25) is 11.8 Å². The molecule has 0 radical (unpaired) electrons. The molecular formula is C12H22N2O2. The lowest BCUT2D eigenvalue weighted by Crippen LogP contribution is -2.54. The van der Waals surface area contributed by atoms with Crippen LogP contribution in [-0.4, -0.2) is 24.9 Å². The lowest BCUT2D eigenvalue weighted by atomic mass is 9.66. The molecule has 1 aliphatic heterocycles. The zero-order valence-corrected chi connectivity index (χ0v) is 10.6. The van der Waals surface area contributed by atoms with Gasteiger partial charge in [0.1, 0.15) is 0 Å². The van der Waals surface area contributed by atoms with Crippen LogP contribution in [0.5, 0.6) is 0 Å². The van der Waals surface area contributed by atoms with E-state index in [2.05, 4.69) is 10.6 Å². The molecule has 0 bridgehead atoms. The molecule has 0 spiro atoms. The maximum Gasteiger partial charge on any atom is 0.226 e. The van der Waals surface area contributed by atoms with Crippen molar-refractivity contribution < 1.29 is 9.59 Å². The maximum absolute atomic E-state index is 12.0. The van der Waals surface area contributed by atoms with E-state index in [4.69, 9.17) is 0 Å². The Labute approximate surface area is 97.2 Å². The number of amides is 2. The third-order valence-corrected chi connectivity index (χ3v) is 3.87. The summed E-state index contributed by atoms with van der Waals surface area (Å²) in [7, 11) is 0. The van der Waals surface area contributed by atoms with Gasteiger partial charge in [-0.3, -0.25) is 9.59 Å². The van der Waals surface area contributed by atoms with Crippen molar-refractivity contribution in [3.8, 4) is 0 Å². The fraction of sp³-hybridized carbons (Fsp3) is 0.833. The van der Waals surface area contributed by atoms with Gasteiger partial charge in [0.25, 0.3) is 0 Å². The molecule has 0 atom stereocenters. The lowest BCUT2D eigenvalue weighted by Gasteiger charge is -2.39. The summed E-state index contributed by atoms with van der Waals surface area (Å²) in [6.07, 6.45) is 1.81. The van der Waals surface area contributed by atoms with Crippen LogP contribution in [0, 0.1) is 10.8 Å². The van der Waals surface area contributed by atoms with E-state index in [1.54, 1.807) is 0 Å². The van der Waals surface area contributed by atoms with Gasteiger partial charge in [-0.25, -0.2) is 0 Å². The highest BCUT2D eigenvalue weighted by Gasteiger charge is 2.48. The van der Waals surface area contributed by atoms with Crippen LogP contribution >= 0.6 is 0 Å². The first-order chi connectivity index (χ1) is 7.30. The Bertz CT molecular complexity index is 265. The molecule has 0 aromatic heterocycles. The molecule has 2 amide bonds. The first-order valence-electron chi connectivity index (χ1n) is 5.87. The summed E-state index contributed by atoms with van der Waals surface area (Å²) in [5, 5.41) is 5.80. The van der Waals surface area contributed by atoms with Crippen molar-refractivity contribution >= 4 is 11.8 Å². The van der Waals surface area contributed by atoms with Crippen molar-refractivity contribution in [2.75, 3.05) is 13.1 Å². The van der Waals surface area contributed by atoms with Crippen molar-refractivity contribution in [2.45, 2.75) is 40.5 Å². The van der Waals surface area contributed by atoms with Gasteiger partial charge < -0.3 is 10.6 Å². The van der Waals surface area contributed by atoms with Gasteiger partial charge in [0.05, 0.1) is 10.8 Å². The molecule has 0 saturated carbocycles. The van der Waals surface area contributed by atoms with E-state index >= 15 is 0 Å². The molecule has 1 heterocycles. The third-order valence-electron chi connectivity index (χ3n) is 3.87. The second kappa shape index (κ2) is 4.44. The van der Waals surface area contributed by atoms with Crippen LogP contribution in [0.25, 0.3) is 0 Å². The van der Waals surface area contributed by atoms with E-state index in [1.165, 1.54) is 0 Å². The first kappa shape index (κ1) is 13.0. The Morgan fingerprint density at radius 3 is 1.44 bits per heavy atom. The van der Waals surface area contributed by atoms with Crippen LogP contribution in [0.4, 0.5) is 0 Å². The number of nitrogens with one attached hydrogen (secondary N) is 2. The van der Waals surface area contributed by atoms with Crippen LogP contribution in [0.3, 0.4) is 0 Å². The van der Waals surface area contributed by atoms with Gasteiger partial charge in [-0.05, 0) is 12.8 Å². The number of rotatable bonds is 0. The molecule has 4 heteroatoms. The summed E-state index contributed by atoms with van der Waals surface area (Å²) >= 11 is 0. The fourth-order valence-corrected chi connectivity index (χ4v) is 1.66. The van der Waals surface area contributed by atoms with E-state index in [9.17, 15) is 9.59 Å². The lowest BCUT2D eigenvalue weighted by molar-refractivity contribution is -0.147. The van der Waals surface area contributed by atoms with Crippen LogP contribution < -0.4 is 10.6 Å². The fourth-order valence-electron chi connectivity index (χ4n) is 1.66. The second-order valence-electron chi connectivity index (χ2n) is 5.47. The minimum absolute atomic E-state index is 0.0467. The first-order valence-corrected chi connectivity index (χ1v) is 5.87. The highest BCUT2D eigenvalue weighted by molar-refractivity contribution is 5.92. The normalized spacial score (nSPS) is 25.5. The predicted molar refractivity (Wildman–Crippen MR) is 62.8 cm³/mol. The second-order valence-corrected chi connectivity index (χ2v) is 5.47. The Kier molecular flexibility index (Phi) is 3.61. The zero-order valence-electron chi connectivity index (χ0n) is 10.6. The van der Waals surface area contributed by atoms with Gasteiger partial charge >= 0.3 is 0 Å². The highest BCUT2D eigenvalue weighted by Crippen LogP contribution is 2.39. The van der Waals surface area contributed by atoms with Gasteiger partial charge in [-0.1, -0.05) is 27.7 Å². The van der Waals surface area contributed by atoms with E-state index < -0.39 is 10.8 Å². The van der Waals surface area contributed by atoms with Crippen molar-refractivity contribution in [1.82, 2.24) is 10.6 Å². The van der Waals surface area contributed by atoms with Gasteiger partial charge in [0, 0.05) is 13.1 Å².